The first kappa shape index (κ1) is 16.4. The predicted octanol–water partition coefficient (Wildman–Crippen LogP) is 0.319. The van der Waals surface area contributed by atoms with Crippen molar-refractivity contribution in [1.82, 2.24) is 19.5 Å². The number of hydrogen-bond donors (Lipinski definition) is 3. The molecule has 1 aliphatic carbocycles. The summed E-state index contributed by atoms with van der Waals surface area (Å²) in [6.45, 7) is -0.488. The molecule has 1 saturated heterocycles. The number of aliphatic hydroxyl groups excluding tert-OH is 2. The molecule has 0 spiro atoms. The highest BCUT2D eigenvalue weighted by Gasteiger charge is 2.45. The Morgan fingerprint density at radius 3 is 2.80 bits per heavy atom. The van der Waals surface area contributed by atoms with Crippen LogP contribution in [0.15, 0.2) is 6.33 Å². The fourth-order valence-electron chi connectivity index (χ4n) is 3.39. The molecule has 1 aliphatic heterocycles. The number of anilines is 1. The normalized spacial score (nSPS) is 30.4. The Morgan fingerprint density at radius 1 is 1.36 bits per heavy atom. The van der Waals surface area contributed by atoms with Crippen molar-refractivity contribution in [3.8, 4) is 6.01 Å². The lowest BCUT2D eigenvalue weighted by Gasteiger charge is -2.16. The second-order valence-electron chi connectivity index (χ2n) is 6.42. The van der Waals surface area contributed by atoms with Crippen LogP contribution in [-0.2, 0) is 4.74 Å². The number of imidazole rings is 1. The lowest BCUT2D eigenvalue weighted by molar-refractivity contribution is -0.0459. The maximum atomic E-state index is 14.4. The molecule has 9 nitrogen and oxygen atoms in total. The van der Waals surface area contributed by atoms with E-state index in [4.69, 9.17) is 15.2 Å². The summed E-state index contributed by atoms with van der Waals surface area (Å²) in [5.41, 5.74) is 6.49. The third-order valence-electron chi connectivity index (χ3n) is 4.75. The molecule has 2 fully saturated rings. The molecular formula is C15H20FN5O4. The minimum atomic E-state index is -1.73. The van der Waals surface area contributed by atoms with Gasteiger partial charge in [0.15, 0.2) is 29.4 Å². The summed E-state index contributed by atoms with van der Waals surface area (Å²) < 4.78 is 26.9. The minimum absolute atomic E-state index is 0.0467. The number of nitrogens with zero attached hydrogens (tertiary/aromatic N) is 4. The van der Waals surface area contributed by atoms with Gasteiger partial charge in [-0.3, -0.25) is 4.57 Å². The molecule has 10 heteroatoms. The van der Waals surface area contributed by atoms with Crippen LogP contribution in [0.25, 0.3) is 11.2 Å². The molecular weight excluding hydrogens is 333 g/mol. The van der Waals surface area contributed by atoms with Gasteiger partial charge in [-0.05, 0) is 25.7 Å². The van der Waals surface area contributed by atoms with Crippen LogP contribution in [0.2, 0.25) is 0 Å². The van der Waals surface area contributed by atoms with Gasteiger partial charge in [0.1, 0.15) is 18.3 Å². The van der Waals surface area contributed by atoms with Crippen LogP contribution in [0.3, 0.4) is 0 Å². The van der Waals surface area contributed by atoms with E-state index >= 15 is 0 Å². The number of halogens is 1. The molecule has 25 heavy (non-hydrogen) atoms. The fourth-order valence-corrected chi connectivity index (χ4v) is 3.39. The maximum absolute atomic E-state index is 14.4. The molecule has 4 rings (SSSR count). The smallest absolute Gasteiger partial charge is 0.320 e. The Morgan fingerprint density at radius 2 is 2.12 bits per heavy atom. The van der Waals surface area contributed by atoms with Gasteiger partial charge in [-0.2, -0.15) is 9.97 Å². The Labute approximate surface area is 142 Å². The van der Waals surface area contributed by atoms with Gasteiger partial charge in [-0.25, -0.2) is 9.37 Å². The lowest BCUT2D eigenvalue weighted by atomic mass is 10.1. The summed E-state index contributed by atoms with van der Waals surface area (Å²) in [7, 11) is 0. The molecule has 2 aromatic rings. The summed E-state index contributed by atoms with van der Waals surface area (Å²) in [5.74, 6) is 0.129. The lowest BCUT2D eigenvalue weighted by Crippen LogP contribution is -2.30. The monoisotopic (exact) mass is 353 g/mol. The van der Waals surface area contributed by atoms with Crippen molar-refractivity contribution < 1.29 is 24.1 Å². The first-order valence-electron chi connectivity index (χ1n) is 8.33. The summed E-state index contributed by atoms with van der Waals surface area (Å²) in [6, 6.07) is 0.117. The molecule has 136 valence electrons. The van der Waals surface area contributed by atoms with Gasteiger partial charge in [-0.15, -0.1) is 0 Å². The quantitative estimate of drug-likeness (QED) is 0.717. The second-order valence-corrected chi connectivity index (χ2v) is 6.42. The van der Waals surface area contributed by atoms with E-state index in [0.717, 1.165) is 25.7 Å². The molecule has 0 aromatic carbocycles. The molecule has 2 aliphatic rings. The first-order chi connectivity index (χ1) is 12.1. The van der Waals surface area contributed by atoms with Gasteiger partial charge >= 0.3 is 6.01 Å². The van der Waals surface area contributed by atoms with Gasteiger partial charge in [-0.1, -0.05) is 0 Å². The molecule has 0 amide bonds. The number of nitrogens with two attached hydrogens (primary N) is 1. The number of aliphatic hydroxyl groups is 2. The Balaban J connectivity index is 1.68. The van der Waals surface area contributed by atoms with Crippen molar-refractivity contribution >= 4 is 17.0 Å². The average molecular weight is 353 g/mol. The van der Waals surface area contributed by atoms with Crippen molar-refractivity contribution in [3.63, 3.8) is 0 Å². The van der Waals surface area contributed by atoms with E-state index in [1.165, 1.54) is 10.9 Å². The highest BCUT2D eigenvalue weighted by atomic mass is 19.1. The van der Waals surface area contributed by atoms with E-state index in [2.05, 4.69) is 15.0 Å². The van der Waals surface area contributed by atoms with E-state index in [-0.39, 0.29) is 23.6 Å². The zero-order valence-electron chi connectivity index (χ0n) is 13.5. The average Bonchev–Trinajstić information content (AvgIpc) is 3.30. The number of ether oxygens (including phenoxy) is 2. The third kappa shape index (κ3) is 2.79. The zero-order chi connectivity index (χ0) is 17.6. The van der Waals surface area contributed by atoms with Crippen molar-refractivity contribution in [1.29, 1.82) is 0 Å². The van der Waals surface area contributed by atoms with Crippen LogP contribution in [0.4, 0.5) is 10.2 Å². The largest absolute Gasteiger partial charge is 0.460 e. The Hall–Kier alpha value is -2.04. The summed E-state index contributed by atoms with van der Waals surface area (Å²) in [5, 5.41) is 19.0. The number of aromatic nitrogens is 4. The van der Waals surface area contributed by atoms with Crippen molar-refractivity contribution in [2.45, 2.75) is 56.4 Å². The number of nitrogen functional groups attached to an aromatic ring is 1. The number of alkyl halides is 1. The van der Waals surface area contributed by atoms with Crippen LogP contribution in [-0.4, -0.2) is 60.8 Å². The summed E-state index contributed by atoms with van der Waals surface area (Å²) in [6.07, 6.45) is 0.110. The first-order valence-corrected chi connectivity index (χ1v) is 8.33. The molecule has 2 aromatic heterocycles. The number of rotatable bonds is 4. The van der Waals surface area contributed by atoms with E-state index in [9.17, 15) is 14.6 Å². The number of fused-ring (bicyclic) bond motifs is 1. The van der Waals surface area contributed by atoms with E-state index < -0.39 is 31.2 Å². The van der Waals surface area contributed by atoms with E-state index in [1.54, 1.807) is 0 Å². The van der Waals surface area contributed by atoms with Crippen LogP contribution in [0, 0.1) is 0 Å². The zero-order valence-corrected chi connectivity index (χ0v) is 13.5. The van der Waals surface area contributed by atoms with Crippen LogP contribution < -0.4 is 10.5 Å². The second kappa shape index (κ2) is 6.36. The van der Waals surface area contributed by atoms with Gasteiger partial charge < -0.3 is 25.4 Å². The molecule has 4 N–H and O–H groups in total. The van der Waals surface area contributed by atoms with Crippen LogP contribution >= 0.6 is 0 Å². The van der Waals surface area contributed by atoms with Crippen LogP contribution in [0.1, 0.15) is 31.9 Å². The molecule has 3 heterocycles. The fraction of sp³-hybridized carbons (Fsp3) is 0.667. The third-order valence-corrected chi connectivity index (χ3v) is 4.75. The van der Waals surface area contributed by atoms with E-state index in [0.29, 0.717) is 5.52 Å². The highest BCUT2D eigenvalue weighted by Crippen LogP contribution is 2.34. The standard InChI is InChI=1S/C15H20FN5O4/c16-9-11(23)8(5-22)25-14(9)21-6-18-10-12(17)19-15(20-13(10)21)24-7-3-1-2-4-7/h6-9,11,14,22-23H,1-5H2,(H2,17,19,20)/t8-,9-,11-,14-/m1/s1. The van der Waals surface area contributed by atoms with Gasteiger partial charge in [0.05, 0.1) is 12.9 Å². The van der Waals surface area contributed by atoms with Gasteiger partial charge in [0.2, 0.25) is 0 Å². The van der Waals surface area contributed by atoms with Crippen molar-refractivity contribution in [2.24, 2.45) is 0 Å². The van der Waals surface area contributed by atoms with Gasteiger partial charge in [0.25, 0.3) is 0 Å². The Bertz CT molecular complexity index is 766. The molecule has 0 bridgehead atoms. The predicted molar refractivity (Wildman–Crippen MR) is 84.5 cm³/mol. The highest BCUT2D eigenvalue weighted by molar-refractivity contribution is 5.82. The number of hydrogen-bond acceptors (Lipinski definition) is 8. The van der Waals surface area contributed by atoms with E-state index in [1.807, 2.05) is 0 Å². The molecule has 0 radical (unpaired) electrons. The summed E-state index contributed by atoms with van der Waals surface area (Å²) in [4.78, 5) is 12.5. The topological polar surface area (TPSA) is 129 Å². The molecule has 4 atom stereocenters. The minimum Gasteiger partial charge on any atom is -0.460 e. The molecule has 0 unspecified atom stereocenters. The summed E-state index contributed by atoms with van der Waals surface area (Å²) >= 11 is 0. The van der Waals surface area contributed by atoms with Gasteiger partial charge in [0, 0.05) is 0 Å². The van der Waals surface area contributed by atoms with Crippen molar-refractivity contribution in [2.75, 3.05) is 12.3 Å². The maximum Gasteiger partial charge on any atom is 0.320 e. The Kier molecular flexibility index (Phi) is 4.18. The van der Waals surface area contributed by atoms with Crippen molar-refractivity contribution in [3.05, 3.63) is 6.33 Å². The van der Waals surface area contributed by atoms with Crippen LogP contribution in [0.5, 0.6) is 6.01 Å². The molecule has 1 saturated carbocycles. The SMILES string of the molecule is Nc1nc(OC2CCCC2)nc2c1ncn2[C@@H]1O[C@H](CO)[C@@H](O)[C@H]1F.